The van der Waals surface area contributed by atoms with E-state index in [9.17, 15) is 9.00 Å². The predicted octanol–water partition coefficient (Wildman–Crippen LogP) is 4.03. The third kappa shape index (κ3) is 4.76. The monoisotopic (exact) mass is 398 g/mol. The molecular weight excluding hydrogens is 376 g/mol. The Hall–Kier alpha value is -2.18. The van der Waals surface area contributed by atoms with E-state index in [2.05, 4.69) is 10.3 Å². The minimum atomic E-state index is -1.55. The number of benzene rings is 2. The molecule has 0 bridgehead atoms. The Balaban J connectivity index is 1.61. The fraction of sp³-hybridized carbons (Fsp3) is 0.238. The number of para-hydroxylation sites is 1. The molecule has 1 atom stereocenters. The number of nitrogens with zero attached hydrogens (tertiary/aromatic N) is 1. The van der Waals surface area contributed by atoms with Crippen molar-refractivity contribution in [1.29, 1.82) is 0 Å². The van der Waals surface area contributed by atoms with Crippen LogP contribution in [0.4, 0.5) is 0 Å². The number of pyridine rings is 1. The molecule has 4 nitrogen and oxygen atoms in total. The molecule has 2 aromatic carbocycles. The Bertz CT molecular complexity index is 959. The van der Waals surface area contributed by atoms with E-state index in [4.69, 9.17) is 0 Å². The highest BCUT2D eigenvalue weighted by molar-refractivity contribution is 7.99. The normalized spacial score (nSPS) is 12.7. The minimum Gasteiger partial charge on any atom is -0.354 e. The summed E-state index contributed by atoms with van der Waals surface area (Å²) in [5.41, 5.74) is 0.777. The van der Waals surface area contributed by atoms with E-state index in [0.717, 1.165) is 21.6 Å². The molecule has 1 heterocycles. The van der Waals surface area contributed by atoms with Crippen molar-refractivity contribution in [2.24, 2.45) is 0 Å². The Kier molecular flexibility index (Phi) is 6.29. The minimum absolute atomic E-state index is 0.232. The maximum absolute atomic E-state index is 13.0. The second kappa shape index (κ2) is 8.67. The topological polar surface area (TPSA) is 59.1 Å². The lowest BCUT2D eigenvalue weighted by Gasteiger charge is -2.22. The van der Waals surface area contributed by atoms with Crippen LogP contribution >= 0.6 is 11.8 Å². The standard InChI is InChI=1S/C21H22N2O2S2/c1-21(2,20(24)22-14-15-26-17-9-4-3-5-10-17)27(25)19-13-12-16-8-6-7-11-18(16)23-19/h3-13H,14-15H2,1-2H3,(H,22,24). The van der Waals surface area contributed by atoms with Gasteiger partial charge < -0.3 is 5.32 Å². The highest BCUT2D eigenvalue weighted by atomic mass is 32.2. The fourth-order valence-corrected chi connectivity index (χ4v) is 4.48. The van der Waals surface area contributed by atoms with Crippen LogP contribution < -0.4 is 5.32 Å². The number of amides is 1. The molecule has 0 fully saturated rings. The SMILES string of the molecule is CC(C)(C(=O)NCCSc1ccccc1)S(=O)c1ccc2ccccc2n1. The zero-order valence-electron chi connectivity index (χ0n) is 15.3. The van der Waals surface area contributed by atoms with Crippen LogP contribution in [0.25, 0.3) is 10.9 Å². The lowest BCUT2D eigenvalue weighted by atomic mass is 10.2. The van der Waals surface area contributed by atoms with Gasteiger partial charge in [0.2, 0.25) is 5.91 Å². The third-order valence-corrected chi connectivity index (χ3v) is 6.91. The molecule has 140 valence electrons. The second-order valence-corrected chi connectivity index (χ2v) is 9.68. The van der Waals surface area contributed by atoms with Crippen molar-refractivity contribution in [3.8, 4) is 0 Å². The Labute approximate surface area is 166 Å². The summed E-state index contributed by atoms with van der Waals surface area (Å²) in [6.45, 7) is 3.91. The molecular formula is C21H22N2O2S2. The molecule has 1 N–H and O–H groups in total. The first kappa shape index (κ1) is 19.6. The van der Waals surface area contributed by atoms with Gasteiger partial charge in [-0.15, -0.1) is 11.8 Å². The third-order valence-electron chi connectivity index (χ3n) is 4.17. The van der Waals surface area contributed by atoms with Crippen molar-refractivity contribution < 1.29 is 9.00 Å². The van der Waals surface area contributed by atoms with Gasteiger partial charge in [-0.3, -0.25) is 9.00 Å². The summed E-state index contributed by atoms with van der Waals surface area (Å²) in [5, 5.41) is 4.31. The predicted molar refractivity (Wildman–Crippen MR) is 112 cm³/mol. The fourth-order valence-electron chi connectivity index (χ4n) is 2.56. The average molecular weight is 399 g/mol. The number of aromatic nitrogens is 1. The maximum Gasteiger partial charge on any atom is 0.238 e. The molecule has 6 heteroatoms. The number of hydrogen-bond acceptors (Lipinski definition) is 4. The molecule has 0 radical (unpaired) electrons. The van der Waals surface area contributed by atoms with Crippen molar-refractivity contribution in [2.45, 2.75) is 28.5 Å². The van der Waals surface area contributed by atoms with Gasteiger partial charge in [0, 0.05) is 22.6 Å². The van der Waals surface area contributed by atoms with Crippen molar-refractivity contribution in [2.75, 3.05) is 12.3 Å². The van der Waals surface area contributed by atoms with Crippen molar-refractivity contribution in [3.05, 3.63) is 66.7 Å². The van der Waals surface area contributed by atoms with Crippen LogP contribution in [-0.4, -0.2) is 32.1 Å². The first-order chi connectivity index (χ1) is 13.0. The van der Waals surface area contributed by atoms with Gasteiger partial charge in [-0.05, 0) is 38.1 Å². The molecule has 1 amide bonds. The van der Waals surface area contributed by atoms with Gasteiger partial charge in [0.15, 0.2) is 0 Å². The first-order valence-corrected chi connectivity index (χ1v) is 10.9. The molecule has 3 rings (SSSR count). The number of carbonyl (C=O) groups excluding carboxylic acids is 1. The van der Waals surface area contributed by atoms with Crippen molar-refractivity contribution in [1.82, 2.24) is 10.3 Å². The van der Waals surface area contributed by atoms with Crippen LogP contribution in [0.1, 0.15) is 13.8 Å². The Morgan fingerprint density at radius 2 is 1.74 bits per heavy atom. The lowest BCUT2D eigenvalue weighted by Crippen LogP contribution is -2.46. The summed E-state index contributed by atoms with van der Waals surface area (Å²) in [6.07, 6.45) is 0. The Morgan fingerprint density at radius 1 is 1.04 bits per heavy atom. The highest BCUT2D eigenvalue weighted by Gasteiger charge is 2.36. The number of carbonyl (C=O) groups is 1. The first-order valence-electron chi connectivity index (χ1n) is 8.72. The van der Waals surface area contributed by atoms with Gasteiger partial charge in [-0.1, -0.05) is 42.5 Å². The van der Waals surface area contributed by atoms with Crippen LogP contribution in [0.5, 0.6) is 0 Å². The van der Waals surface area contributed by atoms with Crippen molar-refractivity contribution >= 4 is 39.4 Å². The molecule has 3 aromatic rings. The molecule has 1 aromatic heterocycles. The van der Waals surface area contributed by atoms with E-state index in [0.29, 0.717) is 11.6 Å². The molecule has 27 heavy (non-hydrogen) atoms. The number of fused-ring (bicyclic) bond motifs is 1. The molecule has 0 saturated heterocycles. The van der Waals surface area contributed by atoms with Crippen LogP contribution in [0.15, 0.2) is 76.7 Å². The zero-order chi connectivity index (χ0) is 19.3. The van der Waals surface area contributed by atoms with Gasteiger partial charge >= 0.3 is 0 Å². The molecule has 1 unspecified atom stereocenters. The van der Waals surface area contributed by atoms with E-state index < -0.39 is 15.5 Å². The smallest absolute Gasteiger partial charge is 0.238 e. The maximum atomic E-state index is 13.0. The second-order valence-electron chi connectivity index (χ2n) is 6.54. The van der Waals surface area contributed by atoms with E-state index in [1.165, 1.54) is 0 Å². The van der Waals surface area contributed by atoms with Crippen LogP contribution in [0.3, 0.4) is 0 Å². The average Bonchev–Trinajstić information content (AvgIpc) is 2.70. The molecule has 0 aliphatic carbocycles. The molecule has 0 aliphatic heterocycles. The Morgan fingerprint density at radius 3 is 2.52 bits per heavy atom. The van der Waals surface area contributed by atoms with Gasteiger partial charge in [-0.2, -0.15) is 0 Å². The summed E-state index contributed by atoms with van der Waals surface area (Å²) in [5.74, 6) is 0.525. The van der Waals surface area contributed by atoms with E-state index in [1.54, 1.807) is 31.7 Å². The highest BCUT2D eigenvalue weighted by Crippen LogP contribution is 2.22. The summed E-state index contributed by atoms with van der Waals surface area (Å²) < 4.78 is 11.9. The number of rotatable bonds is 7. The lowest BCUT2D eigenvalue weighted by molar-refractivity contribution is -0.122. The summed E-state index contributed by atoms with van der Waals surface area (Å²) in [7, 11) is -1.55. The van der Waals surface area contributed by atoms with Gasteiger partial charge in [-0.25, -0.2) is 4.98 Å². The van der Waals surface area contributed by atoms with Gasteiger partial charge in [0.05, 0.1) is 16.3 Å². The van der Waals surface area contributed by atoms with Crippen LogP contribution in [0.2, 0.25) is 0 Å². The summed E-state index contributed by atoms with van der Waals surface area (Å²) in [6, 6.07) is 21.3. The quantitative estimate of drug-likeness (QED) is 0.482. The number of nitrogens with one attached hydrogen (secondary N) is 1. The van der Waals surface area contributed by atoms with Crippen molar-refractivity contribution in [3.63, 3.8) is 0 Å². The molecule has 0 spiro atoms. The van der Waals surface area contributed by atoms with Crippen LogP contribution in [-0.2, 0) is 15.6 Å². The molecule has 0 aliphatic rings. The van der Waals surface area contributed by atoms with E-state index >= 15 is 0 Å². The van der Waals surface area contributed by atoms with E-state index in [-0.39, 0.29) is 5.91 Å². The summed E-state index contributed by atoms with van der Waals surface area (Å²) in [4.78, 5) is 18.3. The van der Waals surface area contributed by atoms with Gasteiger partial charge in [0.1, 0.15) is 9.77 Å². The van der Waals surface area contributed by atoms with Crippen LogP contribution in [0, 0.1) is 0 Å². The number of hydrogen-bond donors (Lipinski definition) is 1. The van der Waals surface area contributed by atoms with Gasteiger partial charge in [0.25, 0.3) is 0 Å². The largest absolute Gasteiger partial charge is 0.354 e. The summed E-state index contributed by atoms with van der Waals surface area (Å²) >= 11 is 1.68. The zero-order valence-corrected chi connectivity index (χ0v) is 17.0. The van der Waals surface area contributed by atoms with E-state index in [1.807, 2.05) is 60.7 Å². The number of thioether (sulfide) groups is 1. The molecule has 0 saturated carbocycles.